The number of nitrogens with zero attached hydrogens (tertiary/aromatic N) is 2. The molecule has 0 atom stereocenters. The van der Waals surface area contributed by atoms with E-state index in [9.17, 15) is 4.39 Å². The van der Waals surface area contributed by atoms with E-state index in [0.717, 1.165) is 49.1 Å². The lowest BCUT2D eigenvalue weighted by atomic mass is 10.2. The van der Waals surface area contributed by atoms with E-state index in [0.29, 0.717) is 5.02 Å². The van der Waals surface area contributed by atoms with Crippen LogP contribution in [0.1, 0.15) is 5.56 Å². The summed E-state index contributed by atoms with van der Waals surface area (Å²) in [6, 6.07) is 14.5. The van der Waals surface area contributed by atoms with Gasteiger partial charge in [0.2, 0.25) is 0 Å². The van der Waals surface area contributed by atoms with Crippen molar-refractivity contribution in [3.8, 4) is 0 Å². The molecule has 1 heterocycles. The summed E-state index contributed by atoms with van der Waals surface area (Å²) in [6.45, 7) is 4.23. The maximum absolute atomic E-state index is 13.1. The van der Waals surface area contributed by atoms with Crippen LogP contribution in [0.15, 0.2) is 48.5 Å². The topological polar surface area (TPSA) is 18.5 Å². The van der Waals surface area contributed by atoms with Crippen molar-refractivity contribution in [2.24, 2.45) is 0 Å². The quantitative estimate of drug-likeness (QED) is 0.830. The van der Waals surface area contributed by atoms with Gasteiger partial charge in [-0.2, -0.15) is 0 Å². The number of piperazine rings is 1. The van der Waals surface area contributed by atoms with E-state index in [1.54, 1.807) is 6.07 Å². The number of nitrogens with one attached hydrogen (secondary N) is 1. The highest BCUT2D eigenvalue weighted by molar-refractivity contribution is 7.80. The number of hydrogen-bond acceptors (Lipinski definition) is 2. The van der Waals surface area contributed by atoms with E-state index >= 15 is 0 Å². The van der Waals surface area contributed by atoms with Crippen molar-refractivity contribution in [1.82, 2.24) is 9.80 Å². The summed E-state index contributed by atoms with van der Waals surface area (Å²) in [7, 11) is 0. The van der Waals surface area contributed by atoms with E-state index in [2.05, 4.69) is 15.1 Å². The molecule has 0 saturated carbocycles. The van der Waals surface area contributed by atoms with E-state index in [4.69, 9.17) is 23.8 Å². The number of hydrogen-bond donors (Lipinski definition) is 1. The minimum atomic E-state index is -0.300. The van der Waals surface area contributed by atoms with Gasteiger partial charge in [-0.25, -0.2) is 4.39 Å². The van der Waals surface area contributed by atoms with Crippen LogP contribution in [0.5, 0.6) is 0 Å². The molecule has 0 unspecified atom stereocenters. The van der Waals surface area contributed by atoms with Crippen molar-refractivity contribution in [3.63, 3.8) is 0 Å². The zero-order valence-corrected chi connectivity index (χ0v) is 14.8. The largest absolute Gasteiger partial charge is 0.346 e. The molecule has 2 aromatic rings. The molecule has 6 heteroatoms. The fourth-order valence-corrected chi connectivity index (χ4v) is 3.25. The zero-order chi connectivity index (χ0) is 16.9. The highest BCUT2D eigenvalue weighted by atomic mass is 35.5. The molecule has 0 aromatic heterocycles. The Balaban J connectivity index is 1.51. The third kappa shape index (κ3) is 4.44. The van der Waals surface area contributed by atoms with E-state index < -0.39 is 0 Å². The molecular weight excluding hydrogens is 345 g/mol. The van der Waals surface area contributed by atoms with Crippen LogP contribution in [0.2, 0.25) is 5.02 Å². The van der Waals surface area contributed by atoms with Crippen molar-refractivity contribution in [1.29, 1.82) is 0 Å². The third-order valence-electron chi connectivity index (χ3n) is 4.09. The van der Waals surface area contributed by atoms with E-state index in [1.807, 2.05) is 30.3 Å². The van der Waals surface area contributed by atoms with Crippen molar-refractivity contribution < 1.29 is 4.39 Å². The SMILES string of the molecule is Fc1ccc(CN2CCN(C(=S)Nc3ccccc3)CC2)c(Cl)c1. The Morgan fingerprint density at radius 1 is 1.08 bits per heavy atom. The second kappa shape index (κ2) is 7.92. The van der Waals surface area contributed by atoms with Gasteiger partial charge in [-0.3, -0.25) is 4.90 Å². The molecular formula is C18H19ClFN3S. The summed E-state index contributed by atoms with van der Waals surface area (Å²) in [4.78, 5) is 4.48. The van der Waals surface area contributed by atoms with Crippen LogP contribution in [0.3, 0.4) is 0 Å². The van der Waals surface area contributed by atoms with Gasteiger partial charge in [0.1, 0.15) is 5.82 Å². The molecule has 3 nitrogen and oxygen atoms in total. The van der Waals surface area contributed by atoms with Crippen LogP contribution < -0.4 is 5.32 Å². The van der Waals surface area contributed by atoms with Crippen LogP contribution in [0, 0.1) is 5.82 Å². The van der Waals surface area contributed by atoms with Crippen LogP contribution >= 0.6 is 23.8 Å². The summed E-state index contributed by atoms with van der Waals surface area (Å²) in [6.07, 6.45) is 0. The molecule has 24 heavy (non-hydrogen) atoms. The maximum atomic E-state index is 13.1. The van der Waals surface area contributed by atoms with Gasteiger partial charge in [-0.05, 0) is 42.0 Å². The second-order valence-electron chi connectivity index (χ2n) is 5.80. The predicted octanol–water partition coefficient (Wildman–Crippen LogP) is 3.99. The molecule has 1 aliphatic rings. The third-order valence-corrected chi connectivity index (χ3v) is 4.81. The van der Waals surface area contributed by atoms with E-state index in [1.165, 1.54) is 12.1 Å². The first kappa shape index (κ1) is 17.1. The van der Waals surface area contributed by atoms with Crippen LogP contribution in [0.4, 0.5) is 10.1 Å². The molecule has 1 aliphatic heterocycles. The van der Waals surface area contributed by atoms with E-state index in [-0.39, 0.29) is 5.82 Å². The zero-order valence-electron chi connectivity index (χ0n) is 13.2. The van der Waals surface area contributed by atoms with Gasteiger partial charge in [0, 0.05) is 43.4 Å². The van der Waals surface area contributed by atoms with Gasteiger partial charge in [-0.15, -0.1) is 0 Å². The lowest BCUT2D eigenvalue weighted by Gasteiger charge is -2.36. The summed E-state index contributed by atoms with van der Waals surface area (Å²) in [5.41, 5.74) is 1.96. The predicted molar refractivity (Wildman–Crippen MR) is 101 cm³/mol. The molecule has 0 radical (unpaired) electrons. The number of para-hydroxylation sites is 1. The average molecular weight is 364 g/mol. The Bertz CT molecular complexity index is 703. The van der Waals surface area contributed by atoms with Gasteiger partial charge in [0.15, 0.2) is 5.11 Å². The molecule has 0 bridgehead atoms. The molecule has 0 amide bonds. The monoisotopic (exact) mass is 363 g/mol. The molecule has 126 valence electrons. The number of halogens is 2. The van der Waals surface area contributed by atoms with Crippen LogP contribution in [0.25, 0.3) is 0 Å². The first-order chi connectivity index (χ1) is 11.6. The Kier molecular flexibility index (Phi) is 5.66. The van der Waals surface area contributed by atoms with Gasteiger partial charge in [0.05, 0.1) is 0 Å². The van der Waals surface area contributed by atoms with Crippen molar-refractivity contribution in [2.45, 2.75) is 6.54 Å². The molecule has 0 spiro atoms. The molecule has 3 rings (SSSR count). The fraction of sp³-hybridized carbons (Fsp3) is 0.278. The summed E-state index contributed by atoms with van der Waals surface area (Å²) in [5.74, 6) is -0.300. The smallest absolute Gasteiger partial charge is 0.173 e. The maximum Gasteiger partial charge on any atom is 0.173 e. The summed E-state index contributed by atoms with van der Waals surface area (Å²) in [5, 5.41) is 4.50. The second-order valence-corrected chi connectivity index (χ2v) is 6.59. The Morgan fingerprint density at radius 3 is 2.46 bits per heavy atom. The van der Waals surface area contributed by atoms with Gasteiger partial charge >= 0.3 is 0 Å². The molecule has 2 aromatic carbocycles. The van der Waals surface area contributed by atoms with Crippen molar-refractivity contribution in [3.05, 3.63) is 64.9 Å². The Morgan fingerprint density at radius 2 is 1.79 bits per heavy atom. The number of thiocarbonyl (C=S) groups is 1. The lowest BCUT2D eigenvalue weighted by Crippen LogP contribution is -2.49. The fourth-order valence-electron chi connectivity index (χ4n) is 2.72. The number of anilines is 1. The average Bonchev–Trinajstić information content (AvgIpc) is 2.59. The Labute approximate surface area is 152 Å². The minimum Gasteiger partial charge on any atom is -0.346 e. The normalized spacial score (nSPS) is 15.3. The van der Waals surface area contributed by atoms with Gasteiger partial charge in [-0.1, -0.05) is 35.9 Å². The van der Waals surface area contributed by atoms with Crippen LogP contribution in [-0.2, 0) is 6.54 Å². The molecule has 0 aliphatic carbocycles. The van der Waals surface area contributed by atoms with Gasteiger partial charge in [0.25, 0.3) is 0 Å². The molecule has 1 saturated heterocycles. The molecule has 1 fully saturated rings. The van der Waals surface area contributed by atoms with Gasteiger partial charge < -0.3 is 10.2 Å². The first-order valence-electron chi connectivity index (χ1n) is 7.89. The molecule has 1 N–H and O–H groups in total. The lowest BCUT2D eigenvalue weighted by molar-refractivity contribution is 0.177. The highest BCUT2D eigenvalue weighted by Crippen LogP contribution is 2.20. The van der Waals surface area contributed by atoms with Crippen molar-refractivity contribution in [2.75, 3.05) is 31.5 Å². The van der Waals surface area contributed by atoms with Crippen LogP contribution in [-0.4, -0.2) is 41.1 Å². The minimum absolute atomic E-state index is 0.300. The highest BCUT2D eigenvalue weighted by Gasteiger charge is 2.19. The van der Waals surface area contributed by atoms with Crippen molar-refractivity contribution >= 4 is 34.6 Å². The first-order valence-corrected chi connectivity index (χ1v) is 8.68. The summed E-state index contributed by atoms with van der Waals surface area (Å²) < 4.78 is 13.1. The Hall–Kier alpha value is -1.69. The standard InChI is InChI=1S/C18H19ClFN3S/c19-17-12-15(20)7-6-14(17)13-22-8-10-23(11-9-22)18(24)21-16-4-2-1-3-5-16/h1-7,12H,8-11,13H2,(H,21,24). The summed E-state index contributed by atoms with van der Waals surface area (Å²) >= 11 is 11.6. The number of rotatable bonds is 3. The number of benzene rings is 2.